The highest BCUT2D eigenvalue weighted by atomic mass is 35.5. The van der Waals surface area contributed by atoms with Crippen molar-refractivity contribution in [2.75, 3.05) is 0 Å². The standard InChI is InChI=1S/C10H7Cl2N3O2/c1-5-7(11)4-15(14-5)9-6(10(16)17)2-3-8(12)13-9/h2-4H,1H3,(H,16,17). The first-order valence-corrected chi connectivity index (χ1v) is 5.36. The molecular weight excluding hydrogens is 265 g/mol. The van der Waals surface area contributed by atoms with E-state index in [0.29, 0.717) is 10.7 Å². The molecule has 88 valence electrons. The first-order chi connectivity index (χ1) is 7.99. The number of nitrogens with zero attached hydrogens (tertiary/aromatic N) is 3. The van der Waals surface area contributed by atoms with Gasteiger partial charge in [-0.2, -0.15) is 5.10 Å². The summed E-state index contributed by atoms with van der Waals surface area (Å²) in [4.78, 5) is 15.0. The summed E-state index contributed by atoms with van der Waals surface area (Å²) >= 11 is 11.6. The molecule has 0 unspecified atom stereocenters. The Morgan fingerprint density at radius 2 is 2.12 bits per heavy atom. The number of halogens is 2. The summed E-state index contributed by atoms with van der Waals surface area (Å²) in [6, 6.07) is 2.78. The number of carbonyl (C=O) groups is 1. The summed E-state index contributed by atoms with van der Waals surface area (Å²) in [5.41, 5.74) is 0.596. The first kappa shape index (κ1) is 11.9. The Labute approximate surface area is 107 Å². The number of aromatic carboxylic acids is 1. The van der Waals surface area contributed by atoms with Crippen LogP contribution in [-0.2, 0) is 0 Å². The van der Waals surface area contributed by atoms with Crippen LogP contribution in [0.3, 0.4) is 0 Å². The molecule has 7 heteroatoms. The first-order valence-electron chi connectivity index (χ1n) is 4.61. The van der Waals surface area contributed by atoms with E-state index < -0.39 is 5.97 Å². The second kappa shape index (κ2) is 4.35. The lowest BCUT2D eigenvalue weighted by Gasteiger charge is -2.04. The SMILES string of the molecule is Cc1nn(-c2nc(Cl)ccc2C(=O)O)cc1Cl. The molecule has 0 aliphatic rings. The highest BCUT2D eigenvalue weighted by molar-refractivity contribution is 6.31. The molecular formula is C10H7Cl2N3O2. The van der Waals surface area contributed by atoms with Gasteiger partial charge in [0, 0.05) is 0 Å². The van der Waals surface area contributed by atoms with Crippen LogP contribution in [0, 0.1) is 6.92 Å². The molecule has 2 aromatic rings. The zero-order chi connectivity index (χ0) is 12.6. The van der Waals surface area contributed by atoms with Crippen molar-refractivity contribution in [1.82, 2.24) is 14.8 Å². The lowest BCUT2D eigenvalue weighted by molar-refractivity contribution is 0.0696. The number of aromatic nitrogens is 3. The van der Waals surface area contributed by atoms with Crippen LogP contribution in [0.25, 0.3) is 5.82 Å². The van der Waals surface area contributed by atoms with Gasteiger partial charge in [0.05, 0.1) is 16.9 Å². The quantitative estimate of drug-likeness (QED) is 0.853. The summed E-state index contributed by atoms with van der Waals surface area (Å²) in [6.07, 6.45) is 1.49. The summed E-state index contributed by atoms with van der Waals surface area (Å²) in [5, 5.41) is 13.7. The average molecular weight is 272 g/mol. The van der Waals surface area contributed by atoms with Crippen molar-refractivity contribution in [1.29, 1.82) is 0 Å². The van der Waals surface area contributed by atoms with Crippen molar-refractivity contribution in [3.05, 3.63) is 39.8 Å². The molecule has 2 aromatic heterocycles. The van der Waals surface area contributed by atoms with E-state index in [0.717, 1.165) is 0 Å². The maximum atomic E-state index is 11.0. The number of carboxylic acid groups (broad SMARTS) is 1. The maximum Gasteiger partial charge on any atom is 0.339 e. The molecule has 2 rings (SSSR count). The lowest BCUT2D eigenvalue weighted by atomic mass is 10.2. The van der Waals surface area contributed by atoms with Crippen LogP contribution in [0.2, 0.25) is 10.2 Å². The third-order valence-corrected chi connectivity index (χ3v) is 2.71. The molecule has 0 fully saturated rings. The molecule has 0 saturated heterocycles. The molecule has 17 heavy (non-hydrogen) atoms. The Morgan fingerprint density at radius 1 is 1.41 bits per heavy atom. The van der Waals surface area contributed by atoms with Crippen molar-refractivity contribution >= 4 is 29.2 Å². The van der Waals surface area contributed by atoms with Crippen LogP contribution < -0.4 is 0 Å². The molecule has 5 nitrogen and oxygen atoms in total. The predicted octanol–water partition coefficient (Wildman–Crippen LogP) is 2.58. The van der Waals surface area contributed by atoms with Crippen LogP contribution >= 0.6 is 23.2 Å². The summed E-state index contributed by atoms with van der Waals surface area (Å²) < 4.78 is 1.30. The fraction of sp³-hybridized carbons (Fsp3) is 0.100. The maximum absolute atomic E-state index is 11.0. The lowest BCUT2D eigenvalue weighted by Crippen LogP contribution is -2.08. The van der Waals surface area contributed by atoms with Crippen LogP contribution in [0.1, 0.15) is 16.1 Å². The zero-order valence-corrected chi connectivity index (χ0v) is 10.2. The Balaban J connectivity index is 2.64. The molecule has 0 saturated carbocycles. The van der Waals surface area contributed by atoms with Crippen molar-refractivity contribution < 1.29 is 9.90 Å². The fourth-order valence-corrected chi connectivity index (χ4v) is 1.59. The molecule has 0 radical (unpaired) electrons. The zero-order valence-electron chi connectivity index (χ0n) is 8.69. The van der Waals surface area contributed by atoms with E-state index in [2.05, 4.69) is 10.1 Å². The fourth-order valence-electron chi connectivity index (χ4n) is 1.31. The van der Waals surface area contributed by atoms with E-state index in [9.17, 15) is 4.79 Å². The van der Waals surface area contributed by atoms with Crippen LogP contribution in [0.4, 0.5) is 0 Å². The van der Waals surface area contributed by atoms with Gasteiger partial charge in [0.25, 0.3) is 0 Å². The van der Waals surface area contributed by atoms with E-state index in [4.69, 9.17) is 28.3 Å². The number of rotatable bonds is 2. The number of hydrogen-bond donors (Lipinski definition) is 1. The molecule has 0 aliphatic carbocycles. The Hall–Kier alpha value is -1.59. The van der Waals surface area contributed by atoms with Gasteiger partial charge in [0.1, 0.15) is 10.7 Å². The minimum Gasteiger partial charge on any atom is -0.478 e. The van der Waals surface area contributed by atoms with Gasteiger partial charge in [-0.3, -0.25) is 0 Å². The average Bonchev–Trinajstić information content (AvgIpc) is 2.58. The predicted molar refractivity (Wildman–Crippen MR) is 63.1 cm³/mol. The van der Waals surface area contributed by atoms with Gasteiger partial charge in [0.2, 0.25) is 0 Å². The van der Waals surface area contributed by atoms with Gasteiger partial charge < -0.3 is 5.11 Å². The van der Waals surface area contributed by atoms with Crippen LogP contribution in [0.5, 0.6) is 0 Å². The summed E-state index contributed by atoms with van der Waals surface area (Å²) in [7, 11) is 0. The highest BCUT2D eigenvalue weighted by Gasteiger charge is 2.15. The number of pyridine rings is 1. The molecule has 0 spiro atoms. The number of aryl methyl sites for hydroxylation is 1. The summed E-state index contributed by atoms with van der Waals surface area (Å²) in [5.74, 6) is -0.964. The van der Waals surface area contributed by atoms with Gasteiger partial charge in [-0.05, 0) is 19.1 Å². The number of hydrogen-bond acceptors (Lipinski definition) is 3. The molecule has 2 heterocycles. The summed E-state index contributed by atoms with van der Waals surface area (Å²) in [6.45, 7) is 1.71. The highest BCUT2D eigenvalue weighted by Crippen LogP contribution is 2.19. The van der Waals surface area contributed by atoms with Gasteiger partial charge in [-0.15, -0.1) is 0 Å². The smallest absolute Gasteiger partial charge is 0.339 e. The Bertz CT molecular complexity index is 576. The second-order valence-corrected chi connectivity index (χ2v) is 4.11. The monoisotopic (exact) mass is 271 g/mol. The molecule has 0 bridgehead atoms. The van der Waals surface area contributed by atoms with Crippen molar-refractivity contribution in [3.63, 3.8) is 0 Å². The van der Waals surface area contributed by atoms with Crippen molar-refractivity contribution in [2.45, 2.75) is 6.92 Å². The van der Waals surface area contributed by atoms with E-state index in [1.807, 2.05) is 0 Å². The van der Waals surface area contributed by atoms with Crippen LogP contribution in [-0.4, -0.2) is 25.8 Å². The van der Waals surface area contributed by atoms with Gasteiger partial charge in [-0.1, -0.05) is 23.2 Å². The van der Waals surface area contributed by atoms with E-state index in [1.165, 1.54) is 23.0 Å². The Kier molecular flexibility index (Phi) is 3.04. The topological polar surface area (TPSA) is 68.0 Å². The normalized spacial score (nSPS) is 10.5. The Morgan fingerprint density at radius 3 is 2.65 bits per heavy atom. The third kappa shape index (κ3) is 2.25. The third-order valence-electron chi connectivity index (χ3n) is 2.13. The minimum absolute atomic E-state index is 0.00793. The van der Waals surface area contributed by atoms with Gasteiger partial charge in [0.15, 0.2) is 5.82 Å². The van der Waals surface area contributed by atoms with E-state index in [1.54, 1.807) is 6.92 Å². The molecule has 0 aliphatic heterocycles. The minimum atomic E-state index is -1.10. The molecule has 0 aromatic carbocycles. The molecule has 0 atom stereocenters. The molecule has 1 N–H and O–H groups in total. The van der Waals surface area contributed by atoms with Gasteiger partial charge >= 0.3 is 5.97 Å². The molecule has 0 amide bonds. The van der Waals surface area contributed by atoms with E-state index >= 15 is 0 Å². The second-order valence-electron chi connectivity index (χ2n) is 3.32. The van der Waals surface area contributed by atoms with E-state index in [-0.39, 0.29) is 16.5 Å². The van der Waals surface area contributed by atoms with Crippen molar-refractivity contribution in [3.8, 4) is 5.82 Å². The van der Waals surface area contributed by atoms with Crippen LogP contribution in [0.15, 0.2) is 18.3 Å². The van der Waals surface area contributed by atoms with Crippen molar-refractivity contribution in [2.24, 2.45) is 0 Å². The van der Waals surface area contributed by atoms with Gasteiger partial charge in [-0.25, -0.2) is 14.5 Å². The largest absolute Gasteiger partial charge is 0.478 e. The number of carboxylic acids is 1.